The highest BCUT2D eigenvalue weighted by Gasteiger charge is 2.49. The molecular formula is C52H42N2. The minimum Gasteiger partial charge on any atom is -0.311 e. The maximum absolute atomic E-state index is 2.49. The number of allylic oxidation sites excluding steroid dienone is 3. The first kappa shape index (κ1) is 32.3. The van der Waals surface area contributed by atoms with Crippen LogP contribution in [0.25, 0.3) is 49.7 Å². The molecule has 1 unspecified atom stereocenters. The summed E-state index contributed by atoms with van der Waals surface area (Å²) in [5.41, 5.74) is 16.3. The van der Waals surface area contributed by atoms with Gasteiger partial charge in [-0.05, 0) is 106 Å². The second-order valence-electron chi connectivity index (χ2n) is 15.6. The van der Waals surface area contributed by atoms with E-state index in [-0.39, 0.29) is 10.8 Å². The SMILES string of the molecule is CC1(C)C2=CC(N(c3ccc(-c4ccc5c(c4)c4ccccc4n5-c4ccccc4)cc3)c3cccc(-c4ccccc4)c3)=CCC2(C)c2ccccc21. The standard InChI is InChI=1S/C52H42N2/c1-51(2)46-22-11-12-23-47(46)52(3)32-31-43(35-50(51)52)53(42-20-14-17-38(33-42)36-15-6-4-7-16-36)41-28-25-37(26-29-41)39-27-30-49-45(34-39)44-21-10-13-24-48(44)54(49)40-18-8-5-9-19-40/h4-31,33-35H,32H2,1-3H3. The van der Waals surface area contributed by atoms with Crippen LogP contribution in [0.15, 0.2) is 199 Å². The second kappa shape index (κ2) is 12.4. The Morgan fingerprint density at radius 3 is 1.89 bits per heavy atom. The lowest BCUT2D eigenvalue weighted by molar-refractivity contribution is 0.508. The number of aromatic nitrogens is 1. The van der Waals surface area contributed by atoms with E-state index in [2.05, 4.69) is 218 Å². The van der Waals surface area contributed by atoms with Gasteiger partial charge in [-0.3, -0.25) is 0 Å². The molecule has 10 rings (SSSR count). The number of para-hydroxylation sites is 2. The van der Waals surface area contributed by atoms with Gasteiger partial charge in [0.1, 0.15) is 0 Å². The van der Waals surface area contributed by atoms with E-state index in [9.17, 15) is 0 Å². The molecule has 1 aromatic heterocycles. The zero-order chi connectivity index (χ0) is 36.4. The predicted molar refractivity (Wildman–Crippen MR) is 228 cm³/mol. The molecule has 0 saturated heterocycles. The predicted octanol–water partition coefficient (Wildman–Crippen LogP) is 13.7. The van der Waals surface area contributed by atoms with Crippen molar-refractivity contribution in [2.45, 2.75) is 38.0 Å². The lowest BCUT2D eigenvalue weighted by Crippen LogP contribution is -2.30. The highest BCUT2D eigenvalue weighted by Crippen LogP contribution is 2.57. The first-order chi connectivity index (χ1) is 26.4. The third-order valence-corrected chi connectivity index (χ3v) is 12.1. The van der Waals surface area contributed by atoms with Crippen molar-refractivity contribution in [3.05, 3.63) is 210 Å². The number of anilines is 2. The fraction of sp³-hybridized carbons (Fsp3) is 0.115. The van der Waals surface area contributed by atoms with Gasteiger partial charge in [-0.1, -0.05) is 148 Å². The number of hydrogen-bond donors (Lipinski definition) is 0. The van der Waals surface area contributed by atoms with Gasteiger partial charge in [0, 0.05) is 44.4 Å². The Balaban J connectivity index is 1.08. The van der Waals surface area contributed by atoms with Crippen LogP contribution in [0, 0.1) is 0 Å². The van der Waals surface area contributed by atoms with Gasteiger partial charge in [0.05, 0.1) is 11.0 Å². The number of hydrogen-bond acceptors (Lipinski definition) is 1. The van der Waals surface area contributed by atoms with Crippen LogP contribution in [0.4, 0.5) is 11.4 Å². The van der Waals surface area contributed by atoms with E-state index >= 15 is 0 Å². The highest BCUT2D eigenvalue weighted by atomic mass is 15.1. The van der Waals surface area contributed by atoms with E-state index in [4.69, 9.17) is 0 Å². The van der Waals surface area contributed by atoms with Crippen molar-refractivity contribution < 1.29 is 0 Å². The van der Waals surface area contributed by atoms with E-state index in [0.29, 0.717) is 0 Å². The molecule has 260 valence electrons. The monoisotopic (exact) mass is 694 g/mol. The third-order valence-electron chi connectivity index (χ3n) is 12.1. The van der Waals surface area contributed by atoms with Crippen molar-refractivity contribution in [3.63, 3.8) is 0 Å². The van der Waals surface area contributed by atoms with Crippen molar-refractivity contribution in [2.75, 3.05) is 4.90 Å². The molecule has 0 N–H and O–H groups in total. The number of fused-ring (bicyclic) bond motifs is 6. The van der Waals surface area contributed by atoms with Crippen molar-refractivity contribution in [1.82, 2.24) is 4.57 Å². The molecule has 1 atom stereocenters. The molecule has 0 bridgehead atoms. The maximum Gasteiger partial charge on any atom is 0.0541 e. The van der Waals surface area contributed by atoms with E-state index in [0.717, 1.165) is 17.8 Å². The van der Waals surface area contributed by atoms with Gasteiger partial charge in [-0.15, -0.1) is 0 Å². The van der Waals surface area contributed by atoms with E-state index in [1.807, 2.05) is 0 Å². The van der Waals surface area contributed by atoms with E-state index in [1.54, 1.807) is 0 Å². The van der Waals surface area contributed by atoms with Gasteiger partial charge in [0.15, 0.2) is 0 Å². The molecule has 2 aliphatic carbocycles. The first-order valence-corrected chi connectivity index (χ1v) is 19.1. The van der Waals surface area contributed by atoms with Gasteiger partial charge in [0.2, 0.25) is 0 Å². The Morgan fingerprint density at radius 1 is 0.481 bits per heavy atom. The number of rotatable bonds is 6. The van der Waals surface area contributed by atoms with Crippen molar-refractivity contribution in [2.24, 2.45) is 0 Å². The van der Waals surface area contributed by atoms with E-state index < -0.39 is 0 Å². The Kier molecular flexibility index (Phi) is 7.39. The largest absolute Gasteiger partial charge is 0.311 e. The molecule has 0 saturated carbocycles. The Morgan fingerprint density at radius 2 is 1.09 bits per heavy atom. The van der Waals surface area contributed by atoms with Crippen LogP contribution in [0.1, 0.15) is 38.3 Å². The maximum atomic E-state index is 2.49. The molecule has 0 amide bonds. The summed E-state index contributed by atoms with van der Waals surface area (Å²) >= 11 is 0. The smallest absolute Gasteiger partial charge is 0.0541 e. The fourth-order valence-corrected chi connectivity index (χ4v) is 9.43. The fourth-order valence-electron chi connectivity index (χ4n) is 9.43. The van der Waals surface area contributed by atoms with Gasteiger partial charge < -0.3 is 9.47 Å². The Bertz CT molecular complexity index is 2760. The van der Waals surface area contributed by atoms with Crippen LogP contribution >= 0.6 is 0 Å². The summed E-state index contributed by atoms with van der Waals surface area (Å²) < 4.78 is 2.38. The highest BCUT2D eigenvalue weighted by molar-refractivity contribution is 6.10. The van der Waals surface area contributed by atoms with Crippen LogP contribution in [0.3, 0.4) is 0 Å². The molecule has 7 aromatic carbocycles. The zero-order valence-corrected chi connectivity index (χ0v) is 31.0. The van der Waals surface area contributed by atoms with Crippen LogP contribution in [-0.4, -0.2) is 4.57 Å². The lowest BCUT2D eigenvalue weighted by atomic mass is 9.70. The van der Waals surface area contributed by atoms with Gasteiger partial charge >= 0.3 is 0 Å². The van der Waals surface area contributed by atoms with Crippen LogP contribution in [0.2, 0.25) is 0 Å². The summed E-state index contributed by atoms with van der Waals surface area (Å²) in [5.74, 6) is 0. The number of nitrogens with zero attached hydrogens (tertiary/aromatic N) is 2. The summed E-state index contributed by atoms with van der Waals surface area (Å²) in [4.78, 5) is 2.46. The molecule has 0 radical (unpaired) electrons. The summed E-state index contributed by atoms with van der Waals surface area (Å²) in [6, 6.07) is 64.2. The van der Waals surface area contributed by atoms with Gasteiger partial charge in [-0.2, -0.15) is 0 Å². The van der Waals surface area contributed by atoms with Crippen LogP contribution in [-0.2, 0) is 10.8 Å². The summed E-state index contributed by atoms with van der Waals surface area (Å²) in [6.45, 7) is 7.23. The Hall–Kier alpha value is -6.38. The van der Waals surface area contributed by atoms with E-state index in [1.165, 1.54) is 72.1 Å². The molecule has 0 fully saturated rings. The normalized spacial score (nSPS) is 17.2. The molecule has 0 spiro atoms. The van der Waals surface area contributed by atoms with Crippen molar-refractivity contribution in [3.8, 4) is 27.9 Å². The van der Waals surface area contributed by atoms with Crippen LogP contribution < -0.4 is 4.90 Å². The zero-order valence-electron chi connectivity index (χ0n) is 31.0. The summed E-state index contributed by atoms with van der Waals surface area (Å²) in [7, 11) is 0. The van der Waals surface area contributed by atoms with Gasteiger partial charge in [-0.25, -0.2) is 0 Å². The quantitative estimate of drug-likeness (QED) is 0.168. The van der Waals surface area contributed by atoms with Crippen LogP contribution in [0.5, 0.6) is 0 Å². The topological polar surface area (TPSA) is 8.17 Å². The molecule has 1 heterocycles. The Labute approximate surface area is 318 Å². The lowest BCUT2D eigenvalue weighted by Gasteiger charge is -2.37. The van der Waals surface area contributed by atoms with Crippen molar-refractivity contribution >= 4 is 33.2 Å². The van der Waals surface area contributed by atoms with Gasteiger partial charge in [0.25, 0.3) is 0 Å². The summed E-state index contributed by atoms with van der Waals surface area (Å²) in [6.07, 6.45) is 5.91. The third kappa shape index (κ3) is 5.01. The molecular weight excluding hydrogens is 653 g/mol. The first-order valence-electron chi connectivity index (χ1n) is 19.1. The second-order valence-corrected chi connectivity index (χ2v) is 15.6. The molecule has 2 heteroatoms. The molecule has 2 aliphatic rings. The molecule has 54 heavy (non-hydrogen) atoms. The van der Waals surface area contributed by atoms with Crippen molar-refractivity contribution in [1.29, 1.82) is 0 Å². The minimum atomic E-state index is -0.0610. The average Bonchev–Trinajstić information content (AvgIpc) is 3.65. The summed E-state index contributed by atoms with van der Waals surface area (Å²) in [5, 5.41) is 2.53. The molecule has 0 aliphatic heterocycles. The minimum absolute atomic E-state index is 0.0206. The number of benzene rings is 7. The molecule has 2 nitrogen and oxygen atoms in total. The molecule has 8 aromatic rings. The average molecular weight is 695 g/mol.